The Bertz CT molecular complexity index is 159. The van der Waals surface area contributed by atoms with Crippen LogP contribution in [0.4, 0.5) is 0 Å². The SMILES string of the molecule is CC(C)(C)C(N)COC1CCOCC1. The van der Waals surface area contributed by atoms with E-state index in [1.54, 1.807) is 0 Å². The number of nitrogens with two attached hydrogens (primary N) is 1. The van der Waals surface area contributed by atoms with E-state index in [9.17, 15) is 0 Å². The molecule has 0 spiro atoms. The quantitative estimate of drug-likeness (QED) is 0.753. The molecular formula is C11H23NO2. The second-order valence-electron chi connectivity index (χ2n) is 5.12. The summed E-state index contributed by atoms with van der Waals surface area (Å²) < 4.78 is 11.0. The minimum Gasteiger partial charge on any atom is -0.381 e. The van der Waals surface area contributed by atoms with Crippen molar-refractivity contribution < 1.29 is 9.47 Å². The van der Waals surface area contributed by atoms with Gasteiger partial charge in [0.25, 0.3) is 0 Å². The first-order valence-electron chi connectivity index (χ1n) is 5.45. The van der Waals surface area contributed by atoms with Crippen LogP contribution in [0.1, 0.15) is 33.6 Å². The molecule has 0 aromatic heterocycles. The third kappa shape index (κ3) is 3.95. The van der Waals surface area contributed by atoms with Gasteiger partial charge in [-0.2, -0.15) is 0 Å². The molecule has 0 radical (unpaired) electrons. The van der Waals surface area contributed by atoms with Crippen LogP contribution in [0.5, 0.6) is 0 Å². The Balaban J connectivity index is 2.19. The molecule has 1 rings (SSSR count). The first-order chi connectivity index (χ1) is 6.50. The lowest BCUT2D eigenvalue weighted by Gasteiger charge is -2.30. The first-order valence-corrected chi connectivity index (χ1v) is 5.45. The maximum absolute atomic E-state index is 6.01. The predicted octanol–water partition coefficient (Wildman–Crippen LogP) is 1.56. The minimum atomic E-state index is 0.116. The highest BCUT2D eigenvalue weighted by molar-refractivity contribution is 4.77. The molecule has 1 heterocycles. The fraction of sp³-hybridized carbons (Fsp3) is 1.00. The molecule has 0 saturated carbocycles. The fourth-order valence-corrected chi connectivity index (χ4v) is 1.33. The molecule has 3 heteroatoms. The van der Waals surface area contributed by atoms with Crippen LogP contribution in [0.25, 0.3) is 0 Å². The third-order valence-electron chi connectivity index (χ3n) is 2.79. The zero-order valence-electron chi connectivity index (χ0n) is 9.58. The van der Waals surface area contributed by atoms with Gasteiger partial charge in [-0.25, -0.2) is 0 Å². The van der Waals surface area contributed by atoms with Crippen molar-refractivity contribution in [3.8, 4) is 0 Å². The van der Waals surface area contributed by atoms with Crippen LogP contribution in [-0.2, 0) is 9.47 Å². The van der Waals surface area contributed by atoms with Crippen molar-refractivity contribution in [2.24, 2.45) is 11.1 Å². The number of rotatable bonds is 3. The van der Waals surface area contributed by atoms with Gasteiger partial charge in [0, 0.05) is 19.3 Å². The molecular weight excluding hydrogens is 178 g/mol. The maximum Gasteiger partial charge on any atom is 0.0626 e. The van der Waals surface area contributed by atoms with Crippen molar-refractivity contribution in [1.29, 1.82) is 0 Å². The van der Waals surface area contributed by atoms with Crippen LogP contribution < -0.4 is 5.73 Å². The summed E-state index contributed by atoms with van der Waals surface area (Å²) in [5.74, 6) is 0. The molecule has 0 amide bonds. The van der Waals surface area contributed by atoms with Crippen molar-refractivity contribution in [3.05, 3.63) is 0 Å². The zero-order valence-corrected chi connectivity index (χ0v) is 9.58. The molecule has 3 nitrogen and oxygen atoms in total. The van der Waals surface area contributed by atoms with Crippen molar-refractivity contribution in [2.45, 2.75) is 45.8 Å². The normalized spacial score (nSPS) is 22.3. The summed E-state index contributed by atoms with van der Waals surface area (Å²) >= 11 is 0. The Morgan fingerprint density at radius 3 is 2.43 bits per heavy atom. The van der Waals surface area contributed by atoms with Crippen molar-refractivity contribution >= 4 is 0 Å². The molecule has 14 heavy (non-hydrogen) atoms. The smallest absolute Gasteiger partial charge is 0.0626 e. The molecule has 0 bridgehead atoms. The summed E-state index contributed by atoms with van der Waals surface area (Å²) in [5.41, 5.74) is 6.14. The highest BCUT2D eigenvalue weighted by Crippen LogP contribution is 2.19. The fourth-order valence-electron chi connectivity index (χ4n) is 1.33. The molecule has 1 saturated heterocycles. The average molecular weight is 201 g/mol. The number of ether oxygens (including phenoxy) is 2. The molecule has 1 unspecified atom stereocenters. The molecule has 0 aliphatic carbocycles. The Hall–Kier alpha value is -0.120. The molecule has 1 aliphatic rings. The molecule has 84 valence electrons. The van der Waals surface area contributed by atoms with Crippen LogP contribution in [0.15, 0.2) is 0 Å². The van der Waals surface area contributed by atoms with E-state index in [0.29, 0.717) is 12.7 Å². The van der Waals surface area contributed by atoms with Gasteiger partial charge in [0.05, 0.1) is 12.7 Å². The van der Waals surface area contributed by atoms with E-state index in [-0.39, 0.29) is 11.5 Å². The summed E-state index contributed by atoms with van der Waals surface area (Å²) in [5, 5.41) is 0. The van der Waals surface area contributed by atoms with Gasteiger partial charge in [0.2, 0.25) is 0 Å². The first kappa shape index (κ1) is 12.0. The van der Waals surface area contributed by atoms with Crippen LogP contribution in [-0.4, -0.2) is 32.0 Å². The highest BCUT2D eigenvalue weighted by atomic mass is 16.5. The lowest BCUT2D eigenvalue weighted by atomic mass is 9.88. The maximum atomic E-state index is 6.01. The Kier molecular flexibility index (Phi) is 4.35. The average Bonchev–Trinajstić information content (AvgIpc) is 2.14. The standard InChI is InChI=1S/C11H23NO2/c1-11(2,3)10(12)8-14-9-4-6-13-7-5-9/h9-10H,4-8,12H2,1-3H3. The molecule has 0 aromatic rings. The van der Waals surface area contributed by atoms with Crippen molar-refractivity contribution in [3.63, 3.8) is 0 Å². The highest BCUT2D eigenvalue weighted by Gasteiger charge is 2.22. The van der Waals surface area contributed by atoms with Gasteiger partial charge in [-0.1, -0.05) is 20.8 Å². The van der Waals surface area contributed by atoms with Crippen LogP contribution >= 0.6 is 0 Å². The monoisotopic (exact) mass is 201 g/mol. The van der Waals surface area contributed by atoms with E-state index in [2.05, 4.69) is 20.8 Å². The summed E-state index contributed by atoms with van der Waals surface area (Å²) in [6.07, 6.45) is 2.38. The van der Waals surface area contributed by atoms with E-state index < -0.39 is 0 Å². The van der Waals surface area contributed by atoms with Crippen LogP contribution in [0.2, 0.25) is 0 Å². The molecule has 2 N–H and O–H groups in total. The Morgan fingerprint density at radius 1 is 1.36 bits per heavy atom. The van der Waals surface area contributed by atoms with Crippen LogP contribution in [0, 0.1) is 5.41 Å². The summed E-state index contributed by atoms with van der Waals surface area (Å²) in [6.45, 7) is 8.75. The minimum absolute atomic E-state index is 0.116. The second kappa shape index (κ2) is 5.10. The molecule has 1 aliphatic heterocycles. The van der Waals surface area contributed by atoms with E-state index in [0.717, 1.165) is 26.1 Å². The Labute approximate surface area is 86.9 Å². The summed E-state index contributed by atoms with van der Waals surface area (Å²) in [4.78, 5) is 0. The lowest BCUT2D eigenvalue weighted by Crippen LogP contribution is -2.40. The van der Waals surface area contributed by atoms with Gasteiger partial charge in [0.1, 0.15) is 0 Å². The predicted molar refractivity (Wildman–Crippen MR) is 57.2 cm³/mol. The van der Waals surface area contributed by atoms with E-state index in [1.807, 2.05) is 0 Å². The molecule has 1 fully saturated rings. The zero-order chi connectivity index (χ0) is 10.6. The third-order valence-corrected chi connectivity index (χ3v) is 2.79. The van der Waals surface area contributed by atoms with Gasteiger partial charge >= 0.3 is 0 Å². The van der Waals surface area contributed by atoms with Gasteiger partial charge in [-0.05, 0) is 18.3 Å². The van der Waals surface area contributed by atoms with Crippen molar-refractivity contribution in [2.75, 3.05) is 19.8 Å². The largest absolute Gasteiger partial charge is 0.381 e. The van der Waals surface area contributed by atoms with Crippen LogP contribution in [0.3, 0.4) is 0 Å². The van der Waals surface area contributed by atoms with Gasteiger partial charge < -0.3 is 15.2 Å². The van der Waals surface area contributed by atoms with E-state index >= 15 is 0 Å². The van der Waals surface area contributed by atoms with E-state index in [4.69, 9.17) is 15.2 Å². The lowest BCUT2D eigenvalue weighted by molar-refractivity contribution is -0.0426. The second-order valence-corrected chi connectivity index (χ2v) is 5.12. The van der Waals surface area contributed by atoms with Crippen molar-refractivity contribution in [1.82, 2.24) is 0 Å². The molecule has 1 atom stereocenters. The van der Waals surface area contributed by atoms with Gasteiger partial charge in [-0.3, -0.25) is 0 Å². The topological polar surface area (TPSA) is 44.5 Å². The van der Waals surface area contributed by atoms with E-state index in [1.165, 1.54) is 0 Å². The number of hydrogen-bond acceptors (Lipinski definition) is 3. The molecule has 0 aromatic carbocycles. The Morgan fingerprint density at radius 2 is 1.93 bits per heavy atom. The summed E-state index contributed by atoms with van der Waals surface area (Å²) in [6, 6.07) is 0.116. The summed E-state index contributed by atoms with van der Waals surface area (Å²) in [7, 11) is 0. The number of hydrogen-bond donors (Lipinski definition) is 1. The van der Waals surface area contributed by atoms with Gasteiger partial charge in [-0.15, -0.1) is 0 Å². The van der Waals surface area contributed by atoms with Gasteiger partial charge in [0.15, 0.2) is 0 Å².